The highest BCUT2D eigenvalue weighted by Gasteiger charge is 2.29. The van der Waals surface area contributed by atoms with Gasteiger partial charge < -0.3 is 9.80 Å². The molecule has 3 aromatic rings. The van der Waals surface area contributed by atoms with Crippen LogP contribution < -0.4 is 9.62 Å². The van der Waals surface area contributed by atoms with E-state index in [0.29, 0.717) is 37.6 Å². The van der Waals surface area contributed by atoms with Crippen LogP contribution in [0.1, 0.15) is 23.7 Å². The number of rotatable bonds is 8. The Labute approximate surface area is 241 Å². The Morgan fingerprint density at radius 1 is 1.02 bits per heavy atom. The van der Waals surface area contributed by atoms with Gasteiger partial charge in [-0.15, -0.1) is 0 Å². The minimum atomic E-state index is -3.44. The van der Waals surface area contributed by atoms with Crippen molar-refractivity contribution in [1.82, 2.24) is 24.3 Å². The second-order valence-electron chi connectivity index (χ2n) is 10.8. The number of aromatic nitrogens is 2. The molecule has 2 aliphatic rings. The monoisotopic (exact) mass is 584 g/mol. The second kappa shape index (κ2) is 11.9. The molecule has 40 heavy (non-hydrogen) atoms. The average Bonchev–Trinajstić information content (AvgIpc) is 3.26. The van der Waals surface area contributed by atoms with E-state index in [1.807, 2.05) is 33.8 Å². The first-order valence-corrected chi connectivity index (χ1v) is 15.9. The Balaban J connectivity index is 1.37. The molecule has 2 aromatic carbocycles. The number of aryl methyl sites for hydroxylation is 1. The van der Waals surface area contributed by atoms with Gasteiger partial charge in [0.2, 0.25) is 15.9 Å². The lowest BCUT2D eigenvalue weighted by Crippen LogP contribution is -2.52. The molecule has 3 heterocycles. The van der Waals surface area contributed by atoms with Crippen molar-refractivity contribution in [3.8, 4) is 11.3 Å². The van der Waals surface area contributed by atoms with Crippen LogP contribution in [-0.4, -0.2) is 85.5 Å². The molecule has 0 saturated carbocycles. The van der Waals surface area contributed by atoms with Crippen molar-refractivity contribution in [3.63, 3.8) is 0 Å². The van der Waals surface area contributed by atoms with E-state index in [0.717, 1.165) is 48.7 Å². The number of hydrogen-bond donors (Lipinski definition) is 1. The fourth-order valence-corrected chi connectivity index (χ4v) is 6.68. The van der Waals surface area contributed by atoms with E-state index in [2.05, 4.69) is 45.7 Å². The zero-order valence-electron chi connectivity index (χ0n) is 23.3. The van der Waals surface area contributed by atoms with Gasteiger partial charge in [0.15, 0.2) is 0 Å². The summed E-state index contributed by atoms with van der Waals surface area (Å²) in [6.45, 7) is 9.25. The van der Waals surface area contributed by atoms with Crippen LogP contribution >= 0.6 is 11.6 Å². The van der Waals surface area contributed by atoms with E-state index in [1.54, 1.807) is 6.92 Å². The van der Waals surface area contributed by atoms with Crippen LogP contribution in [-0.2, 0) is 34.3 Å². The molecule has 0 spiro atoms. The number of para-hydroxylation sites is 1. The van der Waals surface area contributed by atoms with E-state index in [1.165, 1.54) is 17.5 Å². The van der Waals surface area contributed by atoms with Crippen molar-refractivity contribution in [2.75, 3.05) is 50.4 Å². The third-order valence-corrected chi connectivity index (χ3v) is 8.79. The Hall–Kier alpha value is -2.92. The average molecular weight is 585 g/mol. The number of fused-ring (bicyclic) bond motifs is 1. The molecule has 5 rings (SSSR count). The highest BCUT2D eigenvalue weighted by Crippen LogP contribution is 2.31. The molecule has 1 saturated heterocycles. The van der Waals surface area contributed by atoms with Crippen molar-refractivity contribution < 1.29 is 13.2 Å². The maximum atomic E-state index is 12.4. The summed E-state index contributed by atoms with van der Waals surface area (Å²) < 4.78 is 29.6. The van der Waals surface area contributed by atoms with Gasteiger partial charge in [-0.1, -0.05) is 41.9 Å². The lowest BCUT2D eigenvalue weighted by molar-refractivity contribution is -0.129. The fourth-order valence-electron chi connectivity index (χ4n) is 5.80. The van der Waals surface area contributed by atoms with E-state index >= 15 is 0 Å². The van der Waals surface area contributed by atoms with Crippen LogP contribution in [0.5, 0.6) is 0 Å². The number of sulfonamides is 1. The number of halogens is 1. The number of amides is 1. The van der Waals surface area contributed by atoms with Crippen molar-refractivity contribution >= 4 is 33.2 Å². The molecule has 0 radical (unpaired) electrons. The summed E-state index contributed by atoms with van der Waals surface area (Å²) in [5.74, 6) is 0.0296. The minimum absolute atomic E-state index is 0.0296. The number of nitrogens with zero attached hydrogens (tertiary/aromatic N) is 5. The van der Waals surface area contributed by atoms with Crippen molar-refractivity contribution in [1.29, 1.82) is 0 Å². The Kier molecular flexibility index (Phi) is 8.51. The maximum Gasteiger partial charge on any atom is 0.219 e. The van der Waals surface area contributed by atoms with Gasteiger partial charge in [0.05, 0.1) is 24.5 Å². The Morgan fingerprint density at radius 3 is 2.38 bits per heavy atom. The molecule has 9 nitrogen and oxygen atoms in total. The first-order chi connectivity index (χ1) is 19.1. The third kappa shape index (κ3) is 6.68. The molecule has 1 atom stereocenters. The number of hydrogen-bond acceptors (Lipinski definition) is 6. The van der Waals surface area contributed by atoms with Crippen LogP contribution in [0.25, 0.3) is 11.3 Å². The quantitative estimate of drug-likeness (QED) is 0.437. The summed E-state index contributed by atoms with van der Waals surface area (Å²) in [5, 5.41) is 5.62. The minimum Gasteiger partial charge on any atom is -0.369 e. The molecular formula is C29H37ClN6O3S. The molecule has 1 aromatic heterocycles. The van der Waals surface area contributed by atoms with Crippen molar-refractivity contribution in [2.24, 2.45) is 0 Å². The largest absolute Gasteiger partial charge is 0.369 e. The molecule has 11 heteroatoms. The molecule has 1 N–H and O–H groups in total. The Morgan fingerprint density at radius 2 is 1.73 bits per heavy atom. The van der Waals surface area contributed by atoms with E-state index in [4.69, 9.17) is 16.7 Å². The van der Waals surface area contributed by atoms with E-state index in [-0.39, 0.29) is 11.9 Å². The van der Waals surface area contributed by atoms with Gasteiger partial charge in [-0.3, -0.25) is 14.4 Å². The summed E-state index contributed by atoms with van der Waals surface area (Å²) in [7, 11) is -3.44. The standard InChI is InChI=1S/C29H37ClN6O3S/c1-21-6-4-5-7-27(21)34-16-14-33(15-17-34)18-25(32-40(3,38)39)19-36-28-12-13-35(22(2)37)20-26(28)29(31-36)23-8-10-24(30)11-9-23/h4-11,25,32H,12-20H2,1-3H3. The van der Waals surface area contributed by atoms with Gasteiger partial charge in [0, 0.05) is 86.7 Å². The van der Waals surface area contributed by atoms with Gasteiger partial charge in [-0.05, 0) is 30.7 Å². The van der Waals surface area contributed by atoms with Crippen molar-refractivity contribution in [2.45, 2.75) is 39.4 Å². The third-order valence-electron chi connectivity index (χ3n) is 7.78. The maximum absolute atomic E-state index is 12.4. The number of benzene rings is 2. The number of piperazine rings is 1. The molecule has 1 fully saturated rings. The van der Waals surface area contributed by atoms with Crippen LogP contribution in [0.4, 0.5) is 5.69 Å². The van der Waals surface area contributed by atoms with Crippen LogP contribution in [0, 0.1) is 6.92 Å². The Bertz CT molecular complexity index is 1470. The van der Waals surface area contributed by atoms with Crippen LogP contribution in [0.15, 0.2) is 48.5 Å². The SMILES string of the molecule is CC(=O)N1CCc2c(c(-c3ccc(Cl)cc3)nn2CC(CN2CCN(c3ccccc3C)CC2)NS(C)(=O)=O)C1. The number of nitrogens with one attached hydrogen (secondary N) is 1. The normalized spacial score (nSPS) is 17.1. The molecule has 214 valence electrons. The van der Waals surface area contributed by atoms with Crippen molar-refractivity contribution in [3.05, 3.63) is 70.4 Å². The summed E-state index contributed by atoms with van der Waals surface area (Å²) in [6.07, 6.45) is 1.87. The lowest BCUT2D eigenvalue weighted by Gasteiger charge is -2.38. The second-order valence-corrected chi connectivity index (χ2v) is 13.0. The first kappa shape index (κ1) is 28.6. The molecule has 0 bridgehead atoms. The van der Waals surface area contributed by atoms with Gasteiger partial charge in [0.1, 0.15) is 0 Å². The summed E-state index contributed by atoms with van der Waals surface area (Å²) in [4.78, 5) is 18.7. The van der Waals surface area contributed by atoms with Gasteiger partial charge >= 0.3 is 0 Å². The smallest absolute Gasteiger partial charge is 0.219 e. The highest BCUT2D eigenvalue weighted by atomic mass is 35.5. The highest BCUT2D eigenvalue weighted by molar-refractivity contribution is 7.88. The zero-order valence-corrected chi connectivity index (χ0v) is 24.9. The molecule has 0 aliphatic carbocycles. The lowest BCUT2D eigenvalue weighted by atomic mass is 10.0. The van der Waals surface area contributed by atoms with Gasteiger partial charge in [-0.2, -0.15) is 5.10 Å². The predicted octanol–water partition coefficient (Wildman–Crippen LogP) is 3.16. The molecule has 1 amide bonds. The topological polar surface area (TPSA) is 90.8 Å². The molecule has 2 aliphatic heterocycles. The number of carbonyl (C=O) groups excluding carboxylic acids is 1. The summed E-state index contributed by atoms with van der Waals surface area (Å²) in [6, 6.07) is 15.6. The van der Waals surface area contributed by atoms with Gasteiger partial charge in [0.25, 0.3) is 0 Å². The van der Waals surface area contributed by atoms with Crippen LogP contribution in [0.3, 0.4) is 0 Å². The number of anilines is 1. The van der Waals surface area contributed by atoms with E-state index in [9.17, 15) is 13.2 Å². The van der Waals surface area contributed by atoms with Crippen LogP contribution in [0.2, 0.25) is 5.02 Å². The van der Waals surface area contributed by atoms with E-state index < -0.39 is 10.0 Å². The molecule has 1 unspecified atom stereocenters. The molecular weight excluding hydrogens is 548 g/mol. The van der Waals surface area contributed by atoms with Gasteiger partial charge in [-0.25, -0.2) is 13.1 Å². The summed E-state index contributed by atoms with van der Waals surface area (Å²) >= 11 is 6.14. The zero-order chi connectivity index (χ0) is 28.4. The first-order valence-electron chi connectivity index (χ1n) is 13.7. The summed E-state index contributed by atoms with van der Waals surface area (Å²) in [5.41, 5.74) is 6.30. The number of carbonyl (C=O) groups is 1. The predicted molar refractivity (Wildman–Crippen MR) is 159 cm³/mol. The fraction of sp³-hybridized carbons (Fsp3) is 0.448.